The molecule has 0 fully saturated rings. The highest BCUT2D eigenvalue weighted by Crippen LogP contribution is 2.17. The Morgan fingerprint density at radius 3 is 1.02 bits per heavy atom. The fraction of sp³-hybridized carbons (Fsp3) is 0.873. The van der Waals surface area contributed by atoms with Crippen LogP contribution in [0.15, 0.2) is 36.5 Å². The van der Waals surface area contributed by atoms with Crippen LogP contribution in [0.4, 0.5) is 0 Å². The first-order valence-corrected chi connectivity index (χ1v) is 26.8. The summed E-state index contributed by atoms with van der Waals surface area (Å²) < 4.78 is 0. The van der Waals surface area contributed by atoms with E-state index in [1.165, 1.54) is 218 Å². The summed E-state index contributed by atoms with van der Waals surface area (Å²) >= 11 is 0. The van der Waals surface area contributed by atoms with Gasteiger partial charge in [-0.2, -0.15) is 0 Å². The lowest BCUT2D eigenvalue weighted by Crippen LogP contribution is -2.48. The number of carbonyl (C=O) groups excluding carboxylic acids is 1. The molecule has 0 aliphatic carbocycles. The van der Waals surface area contributed by atoms with Crippen molar-refractivity contribution in [2.24, 2.45) is 0 Å². The quantitative estimate of drug-likeness (QED) is 0.0363. The van der Waals surface area contributed by atoms with Crippen LogP contribution < -0.4 is 5.32 Å². The second kappa shape index (κ2) is 50.2. The summed E-state index contributed by atoms with van der Waals surface area (Å²) in [6.45, 7) is 4.19. The van der Waals surface area contributed by atoms with E-state index in [0.29, 0.717) is 6.42 Å². The van der Waals surface area contributed by atoms with E-state index in [9.17, 15) is 20.1 Å². The normalized spacial score (nSPS) is 13.6. The number of nitrogens with one attached hydrogen (secondary N) is 1. The fourth-order valence-electron chi connectivity index (χ4n) is 8.28. The summed E-state index contributed by atoms with van der Waals surface area (Å²) in [7, 11) is 0. The van der Waals surface area contributed by atoms with Crippen LogP contribution in [-0.2, 0) is 4.79 Å². The molecule has 0 radical (unpaired) electrons. The summed E-state index contributed by atoms with van der Waals surface area (Å²) in [4.78, 5) is 12.5. The minimum absolute atomic E-state index is 0.379. The van der Waals surface area contributed by atoms with Gasteiger partial charge in [-0.25, -0.2) is 0 Å². The highest BCUT2D eigenvalue weighted by atomic mass is 16.3. The third-order valence-electron chi connectivity index (χ3n) is 12.5. The minimum Gasteiger partial charge on any atom is -0.394 e. The van der Waals surface area contributed by atoms with Crippen molar-refractivity contribution in [1.29, 1.82) is 0 Å². The Balaban J connectivity index is 3.59. The topological polar surface area (TPSA) is 89.8 Å². The Labute approximate surface area is 374 Å². The van der Waals surface area contributed by atoms with Crippen molar-refractivity contribution in [2.45, 2.75) is 302 Å². The van der Waals surface area contributed by atoms with Crippen molar-refractivity contribution in [3.8, 4) is 0 Å². The maximum Gasteiger partial charge on any atom is 0.249 e. The fourth-order valence-corrected chi connectivity index (χ4v) is 8.28. The average Bonchev–Trinajstić information content (AvgIpc) is 3.25. The number of rotatable bonds is 49. The Morgan fingerprint density at radius 2 is 0.683 bits per heavy atom. The molecule has 3 atom stereocenters. The van der Waals surface area contributed by atoms with Gasteiger partial charge < -0.3 is 20.6 Å². The van der Waals surface area contributed by atoms with Crippen molar-refractivity contribution < 1.29 is 20.1 Å². The molecule has 1 amide bonds. The van der Waals surface area contributed by atoms with Crippen molar-refractivity contribution in [3.63, 3.8) is 0 Å². The van der Waals surface area contributed by atoms with Crippen molar-refractivity contribution in [3.05, 3.63) is 36.5 Å². The summed E-state index contributed by atoms with van der Waals surface area (Å²) in [5.41, 5.74) is 0. The van der Waals surface area contributed by atoms with Gasteiger partial charge in [-0.3, -0.25) is 4.79 Å². The summed E-state index contributed by atoms with van der Waals surface area (Å²) in [5.74, 6) is -0.513. The third-order valence-corrected chi connectivity index (χ3v) is 12.5. The van der Waals surface area contributed by atoms with Gasteiger partial charge in [0.15, 0.2) is 0 Å². The van der Waals surface area contributed by atoms with Crippen LogP contribution in [0.1, 0.15) is 284 Å². The molecule has 0 aromatic heterocycles. The smallest absolute Gasteiger partial charge is 0.249 e. The zero-order valence-electron chi connectivity index (χ0n) is 40.4. The number of amides is 1. The molecule has 0 spiro atoms. The van der Waals surface area contributed by atoms with E-state index >= 15 is 0 Å². The van der Waals surface area contributed by atoms with Crippen molar-refractivity contribution in [1.82, 2.24) is 5.32 Å². The molecule has 4 N–H and O–H groups in total. The molecule has 0 saturated heterocycles. The number of unbranched alkanes of at least 4 members (excludes halogenated alkanes) is 37. The molecule has 0 aliphatic heterocycles. The van der Waals surface area contributed by atoms with E-state index < -0.39 is 24.2 Å². The van der Waals surface area contributed by atoms with Gasteiger partial charge in [0.1, 0.15) is 6.10 Å². The Kier molecular flexibility index (Phi) is 49.0. The van der Waals surface area contributed by atoms with Gasteiger partial charge >= 0.3 is 0 Å². The highest BCUT2D eigenvalue weighted by molar-refractivity contribution is 5.80. The molecule has 0 aliphatic rings. The van der Waals surface area contributed by atoms with E-state index in [1.807, 2.05) is 6.08 Å². The van der Waals surface area contributed by atoms with Crippen molar-refractivity contribution >= 4 is 5.91 Å². The predicted octanol–water partition coefficient (Wildman–Crippen LogP) is 16.3. The molecular weight excluding hydrogens is 739 g/mol. The van der Waals surface area contributed by atoms with Crippen LogP contribution in [0.25, 0.3) is 0 Å². The van der Waals surface area contributed by atoms with Crippen LogP contribution in [0.5, 0.6) is 0 Å². The maximum atomic E-state index is 12.5. The van der Waals surface area contributed by atoms with Gasteiger partial charge in [-0.05, 0) is 44.9 Å². The molecule has 0 rings (SSSR count). The molecule has 0 aromatic rings. The van der Waals surface area contributed by atoms with Gasteiger partial charge in [0.25, 0.3) is 0 Å². The second-order valence-electron chi connectivity index (χ2n) is 18.4. The van der Waals surface area contributed by atoms with E-state index in [4.69, 9.17) is 0 Å². The van der Waals surface area contributed by atoms with Crippen LogP contribution in [-0.4, -0.2) is 46.1 Å². The molecule has 0 saturated carbocycles. The van der Waals surface area contributed by atoms with Crippen molar-refractivity contribution in [2.75, 3.05) is 6.61 Å². The lowest BCUT2D eigenvalue weighted by Gasteiger charge is -2.21. The lowest BCUT2D eigenvalue weighted by atomic mass is 10.0. The number of carbonyl (C=O) groups is 1. The van der Waals surface area contributed by atoms with Crippen LogP contribution in [0.3, 0.4) is 0 Å². The molecule has 0 bridgehead atoms. The number of aliphatic hydroxyl groups is 3. The second-order valence-corrected chi connectivity index (χ2v) is 18.4. The molecule has 0 aromatic carbocycles. The molecule has 354 valence electrons. The monoisotopic (exact) mass is 844 g/mol. The zero-order valence-corrected chi connectivity index (χ0v) is 40.4. The first kappa shape index (κ1) is 58.6. The number of hydrogen-bond acceptors (Lipinski definition) is 4. The molecule has 5 heteroatoms. The maximum absolute atomic E-state index is 12.5. The average molecular weight is 844 g/mol. The number of hydrogen-bond donors (Lipinski definition) is 4. The molecule has 5 nitrogen and oxygen atoms in total. The molecule has 0 heterocycles. The Bertz CT molecular complexity index is 931. The van der Waals surface area contributed by atoms with E-state index in [-0.39, 0.29) is 6.61 Å². The largest absolute Gasteiger partial charge is 0.394 e. The van der Waals surface area contributed by atoms with E-state index in [2.05, 4.69) is 43.5 Å². The van der Waals surface area contributed by atoms with E-state index in [1.54, 1.807) is 6.08 Å². The number of aliphatic hydroxyl groups excluding tert-OH is 3. The van der Waals surface area contributed by atoms with Gasteiger partial charge in [-0.15, -0.1) is 0 Å². The number of allylic oxidation sites excluding steroid dienone is 5. The van der Waals surface area contributed by atoms with Gasteiger partial charge in [0.05, 0.1) is 18.8 Å². The van der Waals surface area contributed by atoms with Gasteiger partial charge in [-0.1, -0.05) is 275 Å². The first-order valence-electron chi connectivity index (χ1n) is 26.8. The standard InChI is InChI=1S/C55H105NO4/c1-3-5-7-9-11-13-15-17-19-21-23-24-25-26-27-28-29-30-31-32-34-36-38-40-42-44-46-48-50-54(59)55(60)56-52(51-57)53(58)49-47-45-43-41-39-37-35-33-22-20-18-16-14-12-10-8-6-4-2/h22,33,39,41,47,49,52-54,57-59H,3-21,23-32,34-38,40,42-46,48,50-51H2,1-2H3,(H,56,60)/b33-22+,41-39+,49-47+. The van der Waals surface area contributed by atoms with Gasteiger partial charge in [0, 0.05) is 0 Å². The third kappa shape index (κ3) is 44.6. The zero-order chi connectivity index (χ0) is 43.7. The Hall–Kier alpha value is -1.43. The van der Waals surface area contributed by atoms with E-state index in [0.717, 1.165) is 44.9 Å². The Morgan fingerprint density at radius 1 is 0.400 bits per heavy atom. The lowest BCUT2D eigenvalue weighted by molar-refractivity contribution is -0.131. The SMILES string of the molecule is CCCCCCCCCC/C=C/CC/C=C/CC/C=C/C(O)C(CO)NC(=O)C(O)CCCCCCCCCCCCCCCCCCCCCCCCCCCCCC. The molecule has 3 unspecified atom stereocenters. The summed E-state index contributed by atoms with van der Waals surface area (Å²) in [5, 5.41) is 33.3. The first-order chi connectivity index (χ1) is 29.6. The van der Waals surface area contributed by atoms with Gasteiger partial charge in [0.2, 0.25) is 5.91 Å². The van der Waals surface area contributed by atoms with Crippen LogP contribution >= 0.6 is 0 Å². The predicted molar refractivity (Wildman–Crippen MR) is 264 cm³/mol. The van der Waals surface area contributed by atoms with Crippen LogP contribution in [0, 0.1) is 0 Å². The molecule has 60 heavy (non-hydrogen) atoms. The molecular formula is C55H105NO4. The highest BCUT2D eigenvalue weighted by Gasteiger charge is 2.22. The van der Waals surface area contributed by atoms with Crippen LogP contribution in [0.2, 0.25) is 0 Å². The summed E-state index contributed by atoms with van der Waals surface area (Å²) in [6, 6.07) is -0.819. The summed E-state index contributed by atoms with van der Waals surface area (Å²) in [6.07, 6.45) is 65.0. The minimum atomic E-state index is -1.11.